The zero-order valence-corrected chi connectivity index (χ0v) is 16.2. The van der Waals surface area contributed by atoms with E-state index in [0.717, 1.165) is 24.0 Å². The number of nitrogens with zero attached hydrogens (tertiary/aromatic N) is 2. The Morgan fingerprint density at radius 3 is 1.52 bits per heavy atom. The number of sulfonamides is 2. The van der Waals surface area contributed by atoms with Crippen molar-refractivity contribution in [3.05, 3.63) is 34.7 Å². The summed E-state index contributed by atoms with van der Waals surface area (Å²) in [5.41, 5.74) is -12.4. The highest BCUT2D eigenvalue weighted by Crippen LogP contribution is 2.36. The van der Waals surface area contributed by atoms with E-state index < -0.39 is 37.0 Å². The number of aromatic nitrogens is 1. The summed E-state index contributed by atoms with van der Waals surface area (Å²) in [6.45, 7) is 1.79. The van der Waals surface area contributed by atoms with E-state index in [-0.39, 0.29) is 6.42 Å². The van der Waals surface area contributed by atoms with E-state index in [9.17, 15) is 52.0 Å². The van der Waals surface area contributed by atoms with Crippen molar-refractivity contribution in [2.45, 2.75) is 49.7 Å². The second-order valence-corrected chi connectivity index (χ2v) is 8.98. The highest BCUT2D eigenvalue weighted by Gasteiger charge is 2.46. The zero-order valence-electron chi connectivity index (χ0n) is 14.6. The van der Waals surface area contributed by atoms with Crippen LogP contribution in [0.15, 0.2) is 30.6 Å². The molecule has 1 aromatic rings. The molecule has 170 valence electrons. The highest BCUT2D eigenvalue weighted by molar-refractivity contribution is 8.13. The van der Waals surface area contributed by atoms with Crippen molar-refractivity contribution < 1.29 is 56.5 Å². The maximum absolute atomic E-state index is 12.4. The van der Waals surface area contributed by atoms with Crippen LogP contribution >= 0.6 is 0 Å². The minimum atomic E-state index is -6.72. The van der Waals surface area contributed by atoms with Crippen molar-refractivity contribution in [3.63, 3.8) is 0 Å². The summed E-state index contributed by atoms with van der Waals surface area (Å²) in [6.07, 6.45) is 5.26. The van der Waals surface area contributed by atoms with E-state index in [2.05, 4.69) is 0 Å². The molecule has 0 saturated carbocycles. The van der Waals surface area contributed by atoms with E-state index in [1.54, 1.807) is 0 Å². The van der Waals surface area contributed by atoms with Gasteiger partial charge in [-0.25, -0.2) is 30.2 Å². The molecule has 29 heavy (non-hydrogen) atoms. The molecule has 0 bridgehead atoms. The predicted molar refractivity (Wildman–Crippen MR) is 84.4 cm³/mol. The third-order valence-electron chi connectivity index (χ3n) is 2.84. The lowest BCUT2D eigenvalue weighted by molar-refractivity contribution is -0.697. The van der Waals surface area contributed by atoms with E-state index in [0.29, 0.717) is 6.42 Å². The second kappa shape index (κ2) is 9.97. The molecule has 0 fully saturated rings. The molecule has 0 aliphatic carbocycles. The fourth-order valence-corrected chi connectivity index (χ4v) is 3.24. The van der Waals surface area contributed by atoms with Crippen LogP contribution in [-0.4, -0.2) is 33.8 Å². The van der Waals surface area contributed by atoms with Crippen molar-refractivity contribution in [1.82, 2.24) is 0 Å². The molecule has 16 heteroatoms. The lowest BCUT2D eigenvalue weighted by Crippen LogP contribution is -2.32. The molecule has 0 aromatic carbocycles. The van der Waals surface area contributed by atoms with Gasteiger partial charge in [-0.15, -0.1) is 0 Å². The van der Waals surface area contributed by atoms with Crippen LogP contribution in [0.1, 0.15) is 26.2 Å². The van der Waals surface area contributed by atoms with Crippen LogP contribution in [0.25, 0.3) is 4.13 Å². The van der Waals surface area contributed by atoms with Crippen LogP contribution in [-0.2, 0) is 26.6 Å². The molecule has 0 radical (unpaired) electrons. The summed E-state index contributed by atoms with van der Waals surface area (Å²) >= 11 is 0. The molecule has 0 N–H and O–H groups in total. The quantitative estimate of drug-likeness (QED) is 0.337. The van der Waals surface area contributed by atoms with Crippen molar-refractivity contribution in [2.24, 2.45) is 0 Å². The number of pyridine rings is 1. The molecular weight excluding hydrogens is 464 g/mol. The molecule has 1 heterocycles. The van der Waals surface area contributed by atoms with Crippen molar-refractivity contribution >= 4 is 20.0 Å². The van der Waals surface area contributed by atoms with E-state index in [4.69, 9.17) is 0 Å². The lowest BCUT2D eigenvalue weighted by Gasteiger charge is -2.22. The van der Waals surface area contributed by atoms with Crippen LogP contribution in [0.3, 0.4) is 0 Å². The molecule has 0 spiro atoms. The third-order valence-corrected chi connectivity index (χ3v) is 5.58. The maximum atomic E-state index is 12.4. The third kappa shape index (κ3) is 10.7. The monoisotopic (exact) mass is 480 g/mol. The van der Waals surface area contributed by atoms with Gasteiger partial charge in [0, 0.05) is 25.0 Å². The number of aryl methyl sites for hydroxylation is 1. The summed E-state index contributed by atoms with van der Waals surface area (Å²) in [5, 5.41) is 0. The molecule has 0 amide bonds. The van der Waals surface area contributed by atoms with Gasteiger partial charge >= 0.3 is 11.0 Å². The summed E-state index contributed by atoms with van der Waals surface area (Å²) in [4.78, 5) is 0. The first-order chi connectivity index (χ1) is 12.8. The molecular formula is C13H16F8N2O4S2. The number of alkyl halides is 8. The second-order valence-electron chi connectivity index (χ2n) is 5.56. The van der Waals surface area contributed by atoms with Gasteiger partial charge in [-0.3, -0.25) is 0 Å². The topological polar surface area (TPSA) is 86.3 Å². The maximum Gasteiger partial charge on any atom is 0.480 e. The van der Waals surface area contributed by atoms with Gasteiger partial charge < -0.3 is 4.13 Å². The van der Waals surface area contributed by atoms with Crippen LogP contribution in [0, 0.1) is 0 Å². The number of hydrogen-bond donors (Lipinski definition) is 0. The molecule has 1 aromatic heterocycles. The molecule has 6 nitrogen and oxygen atoms in total. The number of hydrogen-bond acceptors (Lipinski definition) is 4. The van der Waals surface area contributed by atoms with Gasteiger partial charge in [-0.2, -0.15) is 26.3 Å². The first-order valence-electron chi connectivity index (χ1n) is 7.47. The molecule has 0 saturated heterocycles. The zero-order chi connectivity index (χ0) is 23.1. The minimum Gasteiger partial charge on any atom is -0.421 e. The molecule has 0 unspecified atom stereocenters. The highest BCUT2D eigenvalue weighted by atomic mass is 32.3. The molecule has 1 rings (SSSR count). The largest absolute Gasteiger partial charge is 0.480 e. The Morgan fingerprint density at radius 1 is 0.759 bits per heavy atom. The van der Waals surface area contributed by atoms with Crippen LogP contribution in [0.5, 0.6) is 0 Å². The summed E-state index contributed by atoms with van der Waals surface area (Å²) in [7, 11) is -13.4. The Morgan fingerprint density at radius 2 is 1.17 bits per heavy atom. The normalized spacial score (nSPS) is 13.6. The van der Waals surface area contributed by atoms with Gasteiger partial charge in [-0.05, 0) is 13.3 Å². The summed E-state index contributed by atoms with van der Waals surface area (Å²) < 4.78 is 136. The smallest absolute Gasteiger partial charge is 0.421 e. The average Bonchev–Trinajstić information content (AvgIpc) is 2.49. The van der Waals surface area contributed by atoms with Gasteiger partial charge in [0.25, 0.3) is 0 Å². The Balaban J connectivity index is 0.000000541. The first kappa shape index (κ1) is 27.5. The standard InChI is InChI=1S/C11H16F2N.C2F6NO4S2/c1-11(12,13)7-3-6-10-14-8-4-2-5-9-14;3-1(4,5)14(10,11)9-15(12,13)2(6,7)8/h2,4-5,8-9H,3,6-7,10H2,1H3;/q+1;-1. The molecule has 0 atom stereocenters. The van der Waals surface area contributed by atoms with Crippen LogP contribution in [0.4, 0.5) is 35.1 Å². The van der Waals surface area contributed by atoms with Crippen molar-refractivity contribution in [3.8, 4) is 0 Å². The fraction of sp³-hybridized carbons (Fsp3) is 0.615. The lowest BCUT2D eigenvalue weighted by atomic mass is 10.1. The van der Waals surface area contributed by atoms with E-state index in [1.165, 1.54) is 0 Å². The van der Waals surface area contributed by atoms with Gasteiger partial charge in [0.15, 0.2) is 32.4 Å². The number of rotatable bonds is 7. The van der Waals surface area contributed by atoms with Crippen molar-refractivity contribution in [2.75, 3.05) is 0 Å². The van der Waals surface area contributed by atoms with Gasteiger partial charge in [0.2, 0.25) is 5.92 Å². The van der Waals surface area contributed by atoms with E-state index >= 15 is 0 Å². The van der Waals surface area contributed by atoms with Crippen molar-refractivity contribution in [1.29, 1.82) is 0 Å². The summed E-state index contributed by atoms with van der Waals surface area (Å²) in [6, 6.07) is 5.82. The van der Waals surface area contributed by atoms with Gasteiger partial charge in [0.05, 0.1) is 0 Å². The van der Waals surface area contributed by atoms with Crippen LogP contribution < -0.4 is 4.57 Å². The Hall–Kier alpha value is -1.55. The number of unbranched alkanes of at least 4 members (excludes halogenated alkanes) is 1. The predicted octanol–water partition coefficient (Wildman–Crippen LogP) is 3.86. The van der Waals surface area contributed by atoms with Crippen LogP contribution in [0.2, 0.25) is 0 Å². The summed E-state index contributed by atoms with van der Waals surface area (Å²) in [5.74, 6) is -2.51. The van der Waals surface area contributed by atoms with Gasteiger partial charge in [-0.1, -0.05) is 6.07 Å². The minimum absolute atomic E-state index is 0.0135. The molecule has 0 aliphatic rings. The fourth-order valence-electron chi connectivity index (χ4n) is 1.53. The average molecular weight is 480 g/mol. The van der Waals surface area contributed by atoms with Gasteiger partial charge in [0.1, 0.15) is 6.54 Å². The van der Waals surface area contributed by atoms with E-state index in [1.807, 2.05) is 35.2 Å². The Bertz CT molecular complexity index is 790. The Labute approximate surface area is 161 Å². The molecule has 0 aliphatic heterocycles. The Kier molecular flexibility index (Phi) is 9.44. The SMILES string of the molecule is CC(F)(F)CCCC[n+]1ccccc1.O=S(=O)([N-]S(=O)(=O)C(F)(F)F)C(F)(F)F. The first-order valence-corrected chi connectivity index (χ1v) is 10.4. The number of halogens is 8.